The first-order valence-electron chi connectivity index (χ1n) is 7.09. The number of hydrogen-bond acceptors (Lipinski definition) is 4. The van der Waals surface area contributed by atoms with E-state index in [4.69, 9.17) is 0 Å². The Kier molecular flexibility index (Phi) is 4.24. The van der Waals surface area contributed by atoms with Crippen molar-refractivity contribution in [2.75, 3.05) is 23.7 Å². The molecule has 1 saturated heterocycles. The van der Waals surface area contributed by atoms with E-state index in [9.17, 15) is 9.59 Å². The predicted octanol–water partition coefficient (Wildman–Crippen LogP) is 1.57. The van der Waals surface area contributed by atoms with Crippen molar-refractivity contribution in [2.45, 2.75) is 19.3 Å². The van der Waals surface area contributed by atoms with Crippen LogP contribution in [-0.4, -0.2) is 35.8 Å². The highest BCUT2D eigenvalue weighted by molar-refractivity contribution is 8.14. The average molecular weight is 303 g/mol. The highest BCUT2D eigenvalue weighted by atomic mass is 32.2. The number of thioether (sulfide) groups is 1. The van der Waals surface area contributed by atoms with Gasteiger partial charge in [0.15, 0.2) is 5.17 Å². The molecule has 3 rings (SSSR count). The molecule has 2 amide bonds. The van der Waals surface area contributed by atoms with Crippen LogP contribution in [0.1, 0.15) is 18.4 Å². The third kappa shape index (κ3) is 3.44. The summed E-state index contributed by atoms with van der Waals surface area (Å²) >= 11 is 1.57. The number of amidine groups is 1. The minimum Gasteiger partial charge on any atom is -0.312 e. The largest absolute Gasteiger partial charge is 0.312 e. The molecule has 0 atom stereocenters. The molecule has 110 valence electrons. The molecule has 1 aromatic rings. The van der Waals surface area contributed by atoms with Gasteiger partial charge in [0.05, 0.1) is 13.0 Å². The summed E-state index contributed by atoms with van der Waals surface area (Å²) in [7, 11) is 0. The molecule has 1 N–H and O–H groups in total. The summed E-state index contributed by atoms with van der Waals surface area (Å²) in [4.78, 5) is 29.6. The molecule has 1 fully saturated rings. The molecule has 0 saturated carbocycles. The molecule has 2 aliphatic rings. The number of aliphatic imine (C=N–C) groups is 1. The Morgan fingerprint density at radius 2 is 2.14 bits per heavy atom. The van der Waals surface area contributed by atoms with E-state index in [1.54, 1.807) is 16.7 Å². The fourth-order valence-corrected chi connectivity index (χ4v) is 3.22. The summed E-state index contributed by atoms with van der Waals surface area (Å²) in [5.74, 6) is 1.07. The number of benzene rings is 1. The van der Waals surface area contributed by atoms with Crippen LogP contribution in [0, 0.1) is 0 Å². The summed E-state index contributed by atoms with van der Waals surface area (Å²) < 4.78 is 0. The molecule has 2 heterocycles. The Hall–Kier alpha value is -1.82. The highest BCUT2D eigenvalue weighted by Gasteiger charge is 2.21. The van der Waals surface area contributed by atoms with Gasteiger partial charge in [0.1, 0.15) is 0 Å². The van der Waals surface area contributed by atoms with Gasteiger partial charge in [0.25, 0.3) is 0 Å². The second-order valence-electron chi connectivity index (χ2n) is 5.08. The second kappa shape index (κ2) is 6.30. The molecule has 2 aliphatic heterocycles. The molecule has 0 aromatic heterocycles. The number of nitrogens with one attached hydrogen (secondary N) is 1. The Morgan fingerprint density at radius 3 is 2.76 bits per heavy atom. The number of hydrogen-bond donors (Lipinski definition) is 1. The average Bonchev–Trinajstić information content (AvgIpc) is 3.11. The SMILES string of the molecule is O=C(Cc1ccc(N2CCCC2=O)cc1)NC1=NCCS1. The van der Waals surface area contributed by atoms with Crippen molar-refractivity contribution in [3.63, 3.8) is 0 Å². The smallest absolute Gasteiger partial charge is 0.230 e. The highest BCUT2D eigenvalue weighted by Crippen LogP contribution is 2.21. The van der Waals surface area contributed by atoms with E-state index >= 15 is 0 Å². The molecular formula is C15H17N3O2S. The molecule has 1 aromatic carbocycles. The van der Waals surface area contributed by atoms with E-state index in [0.29, 0.717) is 12.8 Å². The quantitative estimate of drug-likeness (QED) is 0.922. The fourth-order valence-electron chi connectivity index (χ4n) is 2.47. The third-order valence-corrected chi connectivity index (χ3v) is 4.41. The molecular weight excluding hydrogens is 286 g/mol. The number of anilines is 1. The van der Waals surface area contributed by atoms with Gasteiger partial charge in [-0.2, -0.15) is 0 Å². The van der Waals surface area contributed by atoms with E-state index < -0.39 is 0 Å². The van der Waals surface area contributed by atoms with Crippen LogP contribution in [-0.2, 0) is 16.0 Å². The second-order valence-corrected chi connectivity index (χ2v) is 6.16. The Bertz CT molecular complexity index is 583. The number of carbonyl (C=O) groups excluding carboxylic acids is 2. The molecule has 0 bridgehead atoms. The van der Waals surface area contributed by atoms with Crippen LogP contribution in [0.2, 0.25) is 0 Å². The van der Waals surface area contributed by atoms with Crippen molar-refractivity contribution in [2.24, 2.45) is 4.99 Å². The summed E-state index contributed by atoms with van der Waals surface area (Å²) in [6, 6.07) is 7.63. The molecule has 6 heteroatoms. The minimum atomic E-state index is -0.0480. The molecule has 5 nitrogen and oxygen atoms in total. The Morgan fingerprint density at radius 1 is 1.33 bits per heavy atom. The Balaban J connectivity index is 1.59. The zero-order valence-corrected chi connectivity index (χ0v) is 12.5. The first kappa shape index (κ1) is 14.1. The maximum atomic E-state index is 11.9. The summed E-state index contributed by atoms with van der Waals surface area (Å²) in [6.45, 7) is 1.56. The summed E-state index contributed by atoms with van der Waals surface area (Å²) in [5, 5.41) is 3.54. The third-order valence-electron chi connectivity index (χ3n) is 3.52. The normalized spacial score (nSPS) is 18.0. The van der Waals surface area contributed by atoms with E-state index in [0.717, 1.165) is 41.7 Å². The van der Waals surface area contributed by atoms with Crippen molar-refractivity contribution in [1.82, 2.24) is 5.32 Å². The van der Waals surface area contributed by atoms with Gasteiger partial charge in [-0.25, -0.2) is 0 Å². The van der Waals surface area contributed by atoms with E-state index in [1.807, 2.05) is 24.3 Å². The van der Waals surface area contributed by atoms with Crippen molar-refractivity contribution in [1.29, 1.82) is 0 Å². The van der Waals surface area contributed by atoms with E-state index in [1.165, 1.54) is 0 Å². The van der Waals surface area contributed by atoms with Gasteiger partial charge in [-0.3, -0.25) is 14.6 Å². The van der Waals surface area contributed by atoms with Crippen LogP contribution in [0.4, 0.5) is 5.69 Å². The van der Waals surface area contributed by atoms with Crippen LogP contribution in [0.5, 0.6) is 0 Å². The van der Waals surface area contributed by atoms with Crippen molar-refractivity contribution in [3.05, 3.63) is 29.8 Å². The maximum absolute atomic E-state index is 11.9. The van der Waals surface area contributed by atoms with Gasteiger partial charge in [0, 0.05) is 24.4 Å². The number of carbonyl (C=O) groups is 2. The van der Waals surface area contributed by atoms with Crippen molar-refractivity contribution < 1.29 is 9.59 Å². The molecule has 0 aliphatic carbocycles. The monoisotopic (exact) mass is 303 g/mol. The van der Waals surface area contributed by atoms with Crippen molar-refractivity contribution >= 4 is 34.4 Å². The van der Waals surface area contributed by atoms with Crippen LogP contribution in [0.3, 0.4) is 0 Å². The van der Waals surface area contributed by atoms with Gasteiger partial charge in [-0.15, -0.1) is 0 Å². The van der Waals surface area contributed by atoms with Crippen molar-refractivity contribution in [3.8, 4) is 0 Å². The molecule has 0 radical (unpaired) electrons. The lowest BCUT2D eigenvalue weighted by Gasteiger charge is -2.15. The topological polar surface area (TPSA) is 61.8 Å². The summed E-state index contributed by atoms with van der Waals surface area (Å²) in [5.41, 5.74) is 1.85. The molecule has 0 unspecified atom stereocenters. The van der Waals surface area contributed by atoms with Crippen LogP contribution in [0.25, 0.3) is 0 Å². The van der Waals surface area contributed by atoms with Crippen LogP contribution >= 0.6 is 11.8 Å². The molecule has 0 spiro atoms. The molecule has 21 heavy (non-hydrogen) atoms. The van der Waals surface area contributed by atoms with Gasteiger partial charge in [-0.1, -0.05) is 23.9 Å². The standard InChI is InChI=1S/C15H17N3O2S/c19-13(17-15-16-7-9-21-15)10-11-3-5-12(6-4-11)18-8-1-2-14(18)20/h3-6H,1-2,7-10H2,(H,16,17,19). The van der Waals surface area contributed by atoms with E-state index in [-0.39, 0.29) is 11.8 Å². The number of rotatable bonds is 3. The maximum Gasteiger partial charge on any atom is 0.230 e. The van der Waals surface area contributed by atoms with Gasteiger partial charge in [0.2, 0.25) is 11.8 Å². The minimum absolute atomic E-state index is 0.0480. The lowest BCUT2D eigenvalue weighted by molar-refractivity contribution is -0.119. The first-order valence-corrected chi connectivity index (χ1v) is 8.07. The van der Waals surface area contributed by atoms with E-state index in [2.05, 4.69) is 10.3 Å². The summed E-state index contributed by atoms with van der Waals surface area (Å²) in [6.07, 6.45) is 1.88. The van der Waals surface area contributed by atoms with Crippen LogP contribution < -0.4 is 10.2 Å². The van der Waals surface area contributed by atoms with Gasteiger partial charge < -0.3 is 10.2 Å². The lowest BCUT2D eigenvalue weighted by Crippen LogP contribution is -2.28. The first-order chi connectivity index (χ1) is 10.2. The van der Waals surface area contributed by atoms with Crippen LogP contribution in [0.15, 0.2) is 29.3 Å². The fraction of sp³-hybridized carbons (Fsp3) is 0.400. The number of nitrogens with zero attached hydrogens (tertiary/aromatic N) is 2. The zero-order valence-electron chi connectivity index (χ0n) is 11.7. The predicted molar refractivity (Wildman–Crippen MR) is 84.6 cm³/mol. The number of amides is 2. The zero-order chi connectivity index (χ0) is 14.7. The van der Waals surface area contributed by atoms with Gasteiger partial charge >= 0.3 is 0 Å². The lowest BCUT2D eigenvalue weighted by atomic mass is 10.1. The Labute approximate surface area is 127 Å². The van der Waals surface area contributed by atoms with Gasteiger partial charge in [-0.05, 0) is 24.1 Å².